The number of nitrogens with zero attached hydrogens (tertiary/aromatic N) is 1. The summed E-state index contributed by atoms with van der Waals surface area (Å²) in [5.74, 6) is 0.441. The second-order valence-electron chi connectivity index (χ2n) is 5.09. The van der Waals surface area contributed by atoms with Gasteiger partial charge in [0.1, 0.15) is 5.75 Å². The Balaban J connectivity index is 1.70. The van der Waals surface area contributed by atoms with Crippen molar-refractivity contribution in [3.63, 3.8) is 0 Å². The van der Waals surface area contributed by atoms with Crippen molar-refractivity contribution in [2.75, 3.05) is 17.7 Å². The van der Waals surface area contributed by atoms with Gasteiger partial charge in [-0.1, -0.05) is 12.1 Å². The van der Waals surface area contributed by atoms with Crippen LogP contribution in [0.15, 0.2) is 73.1 Å². The minimum absolute atomic E-state index is 0.185. The summed E-state index contributed by atoms with van der Waals surface area (Å²) in [4.78, 5) is 16.3. The molecule has 3 aromatic rings. The zero-order valence-corrected chi connectivity index (χ0v) is 13.2. The topological polar surface area (TPSA) is 63.2 Å². The highest BCUT2D eigenvalue weighted by Crippen LogP contribution is 2.24. The maximum atomic E-state index is 12.4. The average molecular weight is 319 g/mol. The number of anilines is 3. The number of methoxy groups -OCH3 is 1. The molecule has 1 aromatic heterocycles. The molecule has 5 nitrogen and oxygen atoms in total. The number of nitrogens with one attached hydrogen (secondary N) is 2. The number of hydrogen-bond acceptors (Lipinski definition) is 4. The van der Waals surface area contributed by atoms with Crippen LogP contribution in [-0.2, 0) is 0 Å². The van der Waals surface area contributed by atoms with Crippen molar-refractivity contribution >= 4 is 23.0 Å². The molecule has 0 atom stereocenters. The van der Waals surface area contributed by atoms with Gasteiger partial charge in [0.05, 0.1) is 12.8 Å². The Morgan fingerprint density at radius 2 is 1.58 bits per heavy atom. The second kappa shape index (κ2) is 7.28. The van der Waals surface area contributed by atoms with Gasteiger partial charge in [0.25, 0.3) is 5.91 Å². The quantitative estimate of drug-likeness (QED) is 0.743. The molecule has 24 heavy (non-hydrogen) atoms. The van der Waals surface area contributed by atoms with Crippen molar-refractivity contribution in [1.82, 2.24) is 4.98 Å². The van der Waals surface area contributed by atoms with E-state index in [2.05, 4.69) is 15.6 Å². The summed E-state index contributed by atoms with van der Waals surface area (Å²) in [5.41, 5.74) is 3.05. The largest absolute Gasteiger partial charge is 0.495 e. The van der Waals surface area contributed by atoms with Crippen LogP contribution in [0, 0.1) is 0 Å². The number of benzene rings is 2. The van der Waals surface area contributed by atoms with Crippen LogP contribution in [0.5, 0.6) is 5.75 Å². The lowest BCUT2D eigenvalue weighted by atomic mass is 10.2. The van der Waals surface area contributed by atoms with E-state index in [1.165, 1.54) is 0 Å². The number of carbonyl (C=O) groups is 1. The molecular weight excluding hydrogens is 302 g/mol. The van der Waals surface area contributed by atoms with Gasteiger partial charge in [-0.3, -0.25) is 9.78 Å². The Bertz CT molecular complexity index is 818. The van der Waals surface area contributed by atoms with Gasteiger partial charge in [0, 0.05) is 29.3 Å². The van der Waals surface area contributed by atoms with Crippen molar-refractivity contribution in [1.29, 1.82) is 0 Å². The molecule has 0 unspecified atom stereocenters. The zero-order valence-electron chi connectivity index (χ0n) is 13.2. The van der Waals surface area contributed by atoms with Crippen molar-refractivity contribution in [3.8, 4) is 5.75 Å². The van der Waals surface area contributed by atoms with Crippen LogP contribution in [0.4, 0.5) is 17.1 Å². The number of rotatable bonds is 5. The Morgan fingerprint density at radius 3 is 2.29 bits per heavy atom. The smallest absolute Gasteiger partial charge is 0.255 e. The molecule has 0 saturated heterocycles. The summed E-state index contributed by atoms with van der Waals surface area (Å²) >= 11 is 0. The maximum Gasteiger partial charge on any atom is 0.255 e. The third-order valence-corrected chi connectivity index (χ3v) is 3.47. The second-order valence-corrected chi connectivity index (χ2v) is 5.09. The number of para-hydroxylation sites is 2. The molecular formula is C19H17N3O2. The molecule has 0 radical (unpaired) electrons. The molecule has 0 saturated carbocycles. The summed E-state index contributed by atoms with van der Waals surface area (Å²) < 4.78 is 5.24. The van der Waals surface area contributed by atoms with E-state index in [9.17, 15) is 4.79 Å². The van der Waals surface area contributed by atoms with E-state index in [1.807, 2.05) is 36.4 Å². The Kier molecular flexibility index (Phi) is 4.72. The van der Waals surface area contributed by atoms with Crippen LogP contribution >= 0.6 is 0 Å². The Labute approximate surface area is 140 Å². The number of ether oxygens (including phenoxy) is 1. The predicted molar refractivity (Wildman–Crippen MR) is 94.9 cm³/mol. The third kappa shape index (κ3) is 3.70. The van der Waals surface area contributed by atoms with E-state index < -0.39 is 0 Å². The fraction of sp³-hybridized carbons (Fsp3) is 0.0526. The van der Waals surface area contributed by atoms with Crippen LogP contribution in [0.2, 0.25) is 0 Å². The van der Waals surface area contributed by atoms with E-state index in [-0.39, 0.29) is 5.91 Å². The third-order valence-electron chi connectivity index (χ3n) is 3.47. The first-order chi connectivity index (χ1) is 11.8. The minimum Gasteiger partial charge on any atom is -0.495 e. The molecule has 0 bridgehead atoms. The van der Waals surface area contributed by atoms with Gasteiger partial charge < -0.3 is 15.4 Å². The fourth-order valence-electron chi connectivity index (χ4n) is 2.25. The Hall–Kier alpha value is -3.34. The maximum absolute atomic E-state index is 12.4. The predicted octanol–water partition coefficient (Wildman–Crippen LogP) is 4.09. The van der Waals surface area contributed by atoms with Crippen molar-refractivity contribution in [2.45, 2.75) is 0 Å². The van der Waals surface area contributed by atoms with Crippen LogP contribution < -0.4 is 15.4 Å². The van der Waals surface area contributed by atoms with Crippen molar-refractivity contribution in [2.24, 2.45) is 0 Å². The molecule has 1 heterocycles. The molecule has 5 heteroatoms. The Morgan fingerprint density at radius 1 is 0.917 bits per heavy atom. The number of hydrogen-bond donors (Lipinski definition) is 2. The van der Waals surface area contributed by atoms with Gasteiger partial charge in [0.15, 0.2) is 0 Å². The lowest BCUT2D eigenvalue weighted by molar-refractivity contribution is 0.102. The normalized spacial score (nSPS) is 10.0. The van der Waals surface area contributed by atoms with Gasteiger partial charge in [-0.2, -0.15) is 0 Å². The van der Waals surface area contributed by atoms with Crippen molar-refractivity contribution < 1.29 is 9.53 Å². The molecule has 0 aliphatic carbocycles. The van der Waals surface area contributed by atoms with Gasteiger partial charge >= 0.3 is 0 Å². The van der Waals surface area contributed by atoms with Crippen LogP contribution in [-0.4, -0.2) is 18.0 Å². The van der Waals surface area contributed by atoms with Crippen LogP contribution in [0.25, 0.3) is 0 Å². The molecule has 120 valence electrons. The molecule has 0 spiro atoms. The van der Waals surface area contributed by atoms with E-state index in [4.69, 9.17) is 4.74 Å². The lowest BCUT2D eigenvalue weighted by Crippen LogP contribution is -2.12. The summed E-state index contributed by atoms with van der Waals surface area (Å²) in [6, 6.07) is 18.3. The first kappa shape index (κ1) is 15.6. The molecule has 3 rings (SSSR count). The minimum atomic E-state index is -0.185. The van der Waals surface area contributed by atoms with Crippen LogP contribution in [0.3, 0.4) is 0 Å². The van der Waals surface area contributed by atoms with Gasteiger partial charge in [-0.05, 0) is 48.5 Å². The summed E-state index contributed by atoms with van der Waals surface area (Å²) in [6.45, 7) is 0. The molecule has 2 aromatic carbocycles. The lowest BCUT2D eigenvalue weighted by Gasteiger charge is -2.10. The highest BCUT2D eigenvalue weighted by molar-refractivity contribution is 6.05. The van der Waals surface area contributed by atoms with E-state index in [0.29, 0.717) is 17.0 Å². The highest BCUT2D eigenvalue weighted by Gasteiger charge is 2.09. The molecule has 0 aliphatic heterocycles. The zero-order chi connectivity index (χ0) is 16.8. The van der Waals surface area contributed by atoms with Gasteiger partial charge in [0.2, 0.25) is 0 Å². The van der Waals surface area contributed by atoms with E-state index in [0.717, 1.165) is 11.4 Å². The summed E-state index contributed by atoms with van der Waals surface area (Å²) in [5, 5.41) is 6.10. The summed E-state index contributed by atoms with van der Waals surface area (Å²) in [7, 11) is 1.57. The molecule has 0 fully saturated rings. The number of pyridine rings is 1. The van der Waals surface area contributed by atoms with E-state index >= 15 is 0 Å². The fourth-order valence-corrected chi connectivity index (χ4v) is 2.25. The highest BCUT2D eigenvalue weighted by atomic mass is 16.5. The number of aromatic nitrogens is 1. The number of carbonyl (C=O) groups excluding carboxylic acids is 1. The monoisotopic (exact) mass is 319 g/mol. The van der Waals surface area contributed by atoms with Gasteiger partial charge in [-0.15, -0.1) is 0 Å². The SMILES string of the molecule is COc1ccccc1NC(=O)c1ccc(Nc2ccncc2)cc1. The first-order valence-electron chi connectivity index (χ1n) is 7.48. The standard InChI is InChI=1S/C19H17N3O2/c1-24-18-5-3-2-4-17(18)22-19(23)14-6-8-15(9-7-14)21-16-10-12-20-13-11-16/h2-13H,1H3,(H,20,21)(H,22,23). The van der Waals surface area contributed by atoms with Gasteiger partial charge in [-0.25, -0.2) is 0 Å². The molecule has 0 aliphatic rings. The summed E-state index contributed by atoms with van der Waals surface area (Å²) in [6.07, 6.45) is 3.44. The molecule has 2 N–H and O–H groups in total. The number of amides is 1. The van der Waals surface area contributed by atoms with Crippen molar-refractivity contribution in [3.05, 3.63) is 78.6 Å². The molecule has 1 amide bonds. The first-order valence-corrected chi connectivity index (χ1v) is 7.48. The average Bonchev–Trinajstić information content (AvgIpc) is 2.63. The van der Waals surface area contributed by atoms with E-state index in [1.54, 1.807) is 43.8 Å². The van der Waals surface area contributed by atoms with Crippen LogP contribution in [0.1, 0.15) is 10.4 Å².